The Morgan fingerprint density at radius 3 is 2.74 bits per heavy atom. The maximum Gasteiger partial charge on any atom is 0.331 e. The number of allylic oxidation sites excluding steroid dienone is 4. The van der Waals surface area contributed by atoms with E-state index in [0.29, 0.717) is 30.9 Å². The fourth-order valence-corrected chi connectivity index (χ4v) is 3.91. The van der Waals surface area contributed by atoms with Crippen molar-refractivity contribution < 1.29 is 19.4 Å². The van der Waals surface area contributed by atoms with Gasteiger partial charge in [-0.15, -0.1) is 0 Å². The smallest absolute Gasteiger partial charge is 0.331 e. The Balaban J connectivity index is 2.24. The van der Waals surface area contributed by atoms with Gasteiger partial charge in [-0.25, -0.2) is 4.79 Å². The Morgan fingerprint density at radius 2 is 2.07 bits per heavy atom. The zero-order chi connectivity index (χ0) is 20.0. The Morgan fingerprint density at radius 1 is 1.33 bits per heavy atom. The van der Waals surface area contributed by atoms with E-state index in [9.17, 15) is 14.7 Å². The molecule has 150 valence electrons. The van der Waals surface area contributed by atoms with Gasteiger partial charge in [0.15, 0.2) is 0 Å². The first-order valence-corrected chi connectivity index (χ1v) is 9.89. The minimum absolute atomic E-state index is 0.0864. The van der Waals surface area contributed by atoms with Crippen molar-refractivity contribution in [2.45, 2.75) is 52.1 Å². The van der Waals surface area contributed by atoms with E-state index in [-0.39, 0.29) is 23.9 Å². The molecule has 0 aromatic rings. The van der Waals surface area contributed by atoms with Crippen molar-refractivity contribution >= 4 is 11.9 Å². The van der Waals surface area contributed by atoms with Crippen LogP contribution in [0.5, 0.6) is 0 Å². The number of carboxylic acids is 1. The highest BCUT2D eigenvalue weighted by atomic mass is 16.6. The predicted octanol–water partition coefficient (Wildman–Crippen LogP) is 3.82. The second-order valence-corrected chi connectivity index (χ2v) is 8.21. The van der Waals surface area contributed by atoms with Gasteiger partial charge in [-0.3, -0.25) is 4.79 Å². The number of ether oxygens (including phenoxy) is 1. The largest absolute Gasteiger partial charge is 0.478 e. The number of rotatable bonds is 3. The molecule has 5 heteroatoms. The second-order valence-electron chi connectivity index (χ2n) is 8.21. The lowest BCUT2D eigenvalue weighted by molar-refractivity contribution is -0.143. The Labute approximate surface area is 162 Å². The van der Waals surface area contributed by atoms with Gasteiger partial charge in [0.25, 0.3) is 0 Å². The summed E-state index contributed by atoms with van der Waals surface area (Å²) in [6.45, 7) is 4.88. The van der Waals surface area contributed by atoms with E-state index < -0.39 is 5.97 Å². The topological polar surface area (TPSA) is 66.8 Å². The van der Waals surface area contributed by atoms with Crippen LogP contribution in [0.25, 0.3) is 0 Å². The Bertz CT molecular complexity index is 632. The van der Waals surface area contributed by atoms with Gasteiger partial charge in [0, 0.05) is 18.0 Å². The highest BCUT2D eigenvalue weighted by Gasteiger charge is 2.43. The zero-order valence-electron chi connectivity index (χ0n) is 17.0. The van der Waals surface area contributed by atoms with E-state index in [4.69, 9.17) is 4.74 Å². The van der Waals surface area contributed by atoms with E-state index >= 15 is 0 Å². The molecule has 2 rings (SSSR count). The van der Waals surface area contributed by atoms with E-state index in [2.05, 4.69) is 24.0 Å². The van der Waals surface area contributed by atoms with Crippen molar-refractivity contribution in [1.29, 1.82) is 0 Å². The number of hydrogen-bond donors (Lipinski definition) is 1. The van der Waals surface area contributed by atoms with Gasteiger partial charge in [0.05, 0.1) is 5.92 Å². The highest BCUT2D eigenvalue weighted by molar-refractivity contribution is 5.86. The van der Waals surface area contributed by atoms with E-state index in [1.807, 2.05) is 33.2 Å². The van der Waals surface area contributed by atoms with Gasteiger partial charge in [-0.2, -0.15) is 0 Å². The van der Waals surface area contributed by atoms with Crippen LogP contribution >= 0.6 is 0 Å². The molecule has 1 aliphatic carbocycles. The molecule has 5 nitrogen and oxygen atoms in total. The lowest BCUT2D eigenvalue weighted by atomic mass is 9.83. The lowest BCUT2D eigenvalue weighted by Crippen LogP contribution is -2.30. The normalized spacial score (nSPS) is 35.2. The van der Waals surface area contributed by atoms with Crippen LogP contribution in [-0.4, -0.2) is 48.7 Å². The highest BCUT2D eigenvalue weighted by Crippen LogP contribution is 2.35. The first kappa shape index (κ1) is 21.4. The summed E-state index contributed by atoms with van der Waals surface area (Å²) in [7, 11) is 3.98. The molecule has 0 spiro atoms. The minimum atomic E-state index is -0.850. The summed E-state index contributed by atoms with van der Waals surface area (Å²) >= 11 is 0. The molecule has 27 heavy (non-hydrogen) atoms. The van der Waals surface area contributed by atoms with Crippen molar-refractivity contribution in [2.24, 2.45) is 17.8 Å². The zero-order valence-corrected chi connectivity index (χ0v) is 17.0. The molecule has 0 amide bonds. The van der Waals surface area contributed by atoms with Crippen molar-refractivity contribution in [3.8, 4) is 0 Å². The van der Waals surface area contributed by atoms with Crippen LogP contribution in [0.15, 0.2) is 35.5 Å². The van der Waals surface area contributed by atoms with Crippen LogP contribution in [0.3, 0.4) is 0 Å². The quantitative estimate of drug-likeness (QED) is 0.600. The fourth-order valence-electron chi connectivity index (χ4n) is 3.91. The van der Waals surface area contributed by atoms with E-state index in [0.717, 1.165) is 24.8 Å². The molecule has 4 atom stereocenters. The molecule has 0 aromatic heterocycles. The summed E-state index contributed by atoms with van der Waals surface area (Å²) in [5, 5.41) is 9.35. The van der Waals surface area contributed by atoms with Crippen molar-refractivity contribution in [1.82, 2.24) is 4.90 Å². The molecule has 1 saturated heterocycles. The first-order valence-electron chi connectivity index (χ1n) is 9.89. The Hall–Kier alpha value is -1.88. The van der Waals surface area contributed by atoms with Crippen molar-refractivity contribution in [2.75, 3.05) is 20.6 Å². The predicted molar refractivity (Wildman–Crippen MR) is 106 cm³/mol. The van der Waals surface area contributed by atoms with Crippen LogP contribution in [0.2, 0.25) is 0 Å². The Kier molecular flexibility index (Phi) is 7.84. The van der Waals surface area contributed by atoms with Crippen molar-refractivity contribution in [3.63, 3.8) is 0 Å². The van der Waals surface area contributed by atoms with Gasteiger partial charge in [-0.1, -0.05) is 30.7 Å². The summed E-state index contributed by atoms with van der Waals surface area (Å²) in [4.78, 5) is 25.9. The van der Waals surface area contributed by atoms with Crippen LogP contribution in [-0.2, 0) is 14.3 Å². The number of carbonyl (C=O) groups excluding carboxylic acids is 1. The van der Waals surface area contributed by atoms with Crippen molar-refractivity contribution in [3.05, 3.63) is 35.5 Å². The summed E-state index contributed by atoms with van der Waals surface area (Å²) in [5.41, 5.74) is 1.59. The van der Waals surface area contributed by atoms with Crippen LogP contribution in [0.4, 0.5) is 0 Å². The summed E-state index contributed by atoms with van der Waals surface area (Å²) in [6, 6.07) is 0. The molecule has 2 aliphatic rings. The molecule has 0 saturated carbocycles. The monoisotopic (exact) mass is 375 g/mol. The maximum absolute atomic E-state index is 12.5. The molecule has 0 aromatic carbocycles. The number of nitrogens with zero attached hydrogens (tertiary/aromatic N) is 1. The molecule has 0 bridgehead atoms. The van der Waals surface area contributed by atoms with Crippen LogP contribution < -0.4 is 0 Å². The molecule has 1 unspecified atom stereocenters. The number of carbonyl (C=O) groups is 2. The molecule has 1 N–H and O–H groups in total. The van der Waals surface area contributed by atoms with Crippen LogP contribution in [0, 0.1) is 17.8 Å². The van der Waals surface area contributed by atoms with Crippen LogP contribution in [0.1, 0.15) is 46.0 Å². The minimum Gasteiger partial charge on any atom is -0.478 e. The fraction of sp³-hybridized carbons (Fsp3) is 0.636. The average Bonchev–Trinajstić information content (AvgIpc) is 2.85. The third-order valence-electron chi connectivity index (χ3n) is 5.47. The average molecular weight is 376 g/mol. The number of esters is 1. The molecule has 0 radical (unpaired) electrons. The molecular weight excluding hydrogens is 342 g/mol. The molecule has 1 heterocycles. The molecule has 1 aliphatic heterocycles. The lowest BCUT2D eigenvalue weighted by Gasteiger charge is -2.23. The number of hydrogen-bond acceptors (Lipinski definition) is 4. The standard InChI is InChI=1S/C22H33NO4/c1-15-7-5-9-17(21(24)25)10-6-8-16(2)13-20-18(12-11-15)19(14-23(3)4)22(26)27-20/h5,7,10,13,15,18-20H,6,8-9,11-12,14H2,1-4H3,(H,24,25)/b7-5+,16-13+,17-10-/t15?,18-,19-,20-/m0/s1. The third kappa shape index (κ3) is 6.35. The van der Waals surface area contributed by atoms with E-state index in [1.54, 1.807) is 0 Å². The second kappa shape index (κ2) is 9.88. The van der Waals surface area contributed by atoms with Gasteiger partial charge in [0.1, 0.15) is 6.10 Å². The van der Waals surface area contributed by atoms with Gasteiger partial charge < -0.3 is 14.7 Å². The van der Waals surface area contributed by atoms with Gasteiger partial charge >= 0.3 is 11.9 Å². The first-order chi connectivity index (χ1) is 12.8. The summed E-state index contributed by atoms with van der Waals surface area (Å²) in [6.07, 6.45) is 11.6. The SMILES string of the molecule is C/C1=C\[C@@H]2OC(=O)[C@@H](CN(C)C)[C@@H]2CCC(C)/C=C/C/C(C(=O)O)=C/CC1. The summed E-state index contributed by atoms with van der Waals surface area (Å²) in [5.74, 6) is -0.500. The number of aliphatic carboxylic acids is 1. The van der Waals surface area contributed by atoms with Gasteiger partial charge in [0.2, 0.25) is 0 Å². The third-order valence-corrected chi connectivity index (χ3v) is 5.47. The van der Waals surface area contributed by atoms with E-state index in [1.165, 1.54) is 0 Å². The molecular formula is C22H33NO4. The molecule has 1 fully saturated rings. The van der Waals surface area contributed by atoms with Gasteiger partial charge in [-0.05, 0) is 65.1 Å². The number of fused-ring (bicyclic) bond motifs is 1. The maximum atomic E-state index is 12.5. The summed E-state index contributed by atoms with van der Waals surface area (Å²) < 4.78 is 5.73. The number of carboxylic acid groups (broad SMARTS) is 1.